The van der Waals surface area contributed by atoms with E-state index in [4.69, 9.17) is 13.9 Å². The van der Waals surface area contributed by atoms with Crippen molar-refractivity contribution in [3.05, 3.63) is 98.1 Å². The summed E-state index contributed by atoms with van der Waals surface area (Å²) < 4.78 is 32.5. The molecule has 0 spiro atoms. The minimum Gasteiger partial charge on any atom is -0.490 e. The summed E-state index contributed by atoms with van der Waals surface area (Å²) >= 11 is 3.42. The van der Waals surface area contributed by atoms with Gasteiger partial charge in [0, 0.05) is 10.2 Å². The first kappa shape index (κ1) is 24.1. The molecule has 0 radical (unpaired) electrons. The van der Waals surface area contributed by atoms with Crippen molar-refractivity contribution in [2.24, 2.45) is 0 Å². The number of nitrogens with zero attached hydrogens (tertiary/aromatic N) is 1. The quantitative estimate of drug-likeness (QED) is 0.258. The molecule has 0 aliphatic carbocycles. The van der Waals surface area contributed by atoms with Crippen LogP contribution in [0.5, 0.6) is 11.5 Å². The molecule has 3 aromatic carbocycles. The van der Waals surface area contributed by atoms with Gasteiger partial charge in [-0.25, -0.2) is 4.39 Å². The number of halogens is 2. The van der Waals surface area contributed by atoms with E-state index >= 15 is 0 Å². The van der Waals surface area contributed by atoms with Gasteiger partial charge in [-0.05, 0) is 73.5 Å². The SMILES string of the molecule is CCCOc1ccc(C2c3c(oc4ccc(F)cc4c3=O)C(=O)N2c2ccc(Br)cc2)cc1OCC. The molecular formula is C28H23BrFNO5. The van der Waals surface area contributed by atoms with Crippen molar-refractivity contribution in [2.75, 3.05) is 18.1 Å². The number of rotatable bonds is 7. The third-order valence-electron chi connectivity index (χ3n) is 5.98. The predicted octanol–water partition coefficient (Wildman–Crippen LogP) is 6.63. The molecule has 1 aliphatic heterocycles. The van der Waals surface area contributed by atoms with Crippen LogP contribution in [0.1, 0.15) is 48.0 Å². The summed E-state index contributed by atoms with van der Waals surface area (Å²) in [5.41, 5.74) is 1.08. The molecule has 6 nitrogen and oxygen atoms in total. The second-order valence-corrected chi connectivity index (χ2v) is 9.27. The first-order chi connectivity index (χ1) is 17.4. The Balaban J connectivity index is 1.75. The van der Waals surface area contributed by atoms with Crippen LogP contribution < -0.4 is 19.8 Å². The highest BCUT2D eigenvalue weighted by atomic mass is 79.9. The molecule has 184 valence electrons. The van der Waals surface area contributed by atoms with Crippen molar-refractivity contribution in [1.82, 2.24) is 0 Å². The second-order valence-electron chi connectivity index (χ2n) is 8.36. The summed E-state index contributed by atoms with van der Waals surface area (Å²) in [6, 6.07) is 15.5. The van der Waals surface area contributed by atoms with Crippen molar-refractivity contribution in [2.45, 2.75) is 26.3 Å². The molecular weight excluding hydrogens is 529 g/mol. The first-order valence-electron chi connectivity index (χ1n) is 11.7. The van der Waals surface area contributed by atoms with Gasteiger partial charge in [0.05, 0.1) is 30.2 Å². The van der Waals surface area contributed by atoms with Gasteiger partial charge in [0.1, 0.15) is 11.4 Å². The molecule has 0 N–H and O–H groups in total. The van der Waals surface area contributed by atoms with Gasteiger partial charge in [0.15, 0.2) is 16.9 Å². The minimum atomic E-state index is -0.808. The number of hydrogen-bond acceptors (Lipinski definition) is 5. The van der Waals surface area contributed by atoms with E-state index in [1.807, 2.05) is 32.0 Å². The van der Waals surface area contributed by atoms with Crippen molar-refractivity contribution in [1.29, 1.82) is 0 Å². The standard InChI is InChI=1S/C28H23BrFNO5/c1-3-13-35-22-11-5-16(14-23(22)34-4-2)25-24-26(32)20-15-18(30)8-12-21(20)36-27(24)28(33)31(25)19-9-6-17(29)7-10-19/h5-12,14-15,25H,3-4,13H2,1-2H3. The Hall–Kier alpha value is -3.65. The van der Waals surface area contributed by atoms with Crippen LogP contribution in [0.3, 0.4) is 0 Å². The lowest BCUT2D eigenvalue weighted by molar-refractivity contribution is 0.0971. The summed E-state index contributed by atoms with van der Waals surface area (Å²) in [5, 5.41) is 0.0807. The molecule has 0 fully saturated rings. The fourth-order valence-electron chi connectivity index (χ4n) is 4.42. The molecule has 2 heterocycles. The lowest BCUT2D eigenvalue weighted by Gasteiger charge is -2.26. The molecule has 1 unspecified atom stereocenters. The monoisotopic (exact) mass is 551 g/mol. The van der Waals surface area contributed by atoms with Crippen LogP contribution in [0, 0.1) is 5.82 Å². The first-order valence-corrected chi connectivity index (χ1v) is 12.5. The van der Waals surface area contributed by atoms with Gasteiger partial charge in [-0.2, -0.15) is 0 Å². The lowest BCUT2D eigenvalue weighted by Crippen LogP contribution is -2.29. The highest BCUT2D eigenvalue weighted by molar-refractivity contribution is 9.10. The third kappa shape index (κ3) is 4.15. The summed E-state index contributed by atoms with van der Waals surface area (Å²) in [7, 11) is 0. The van der Waals surface area contributed by atoms with E-state index in [-0.39, 0.29) is 22.3 Å². The number of fused-ring (bicyclic) bond motifs is 2. The molecule has 1 aromatic heterocycles. The van der Waals surface area contributed by atoms with E-state index < -0.39 is 23.2 Å². The Bertz CT molecular complexity index is 1520. The van der Waals surface area contributed by atoms with Crippen molar-refractivity contribution < 1.29 is 23.1 Å². The van der Waals surface area contributed by atoms with E-state index in [0.717, 1.165) is 17.0 Å². The van der Waals surface area contributed by atoms with Gasteiger partial charge >= 0.3 is 0 Å². The zero-order chi connectivity index (χ0) is 25.4. The minimum absolute atomic E-state index is 0.0590. The highest BCUT2D eigenvalue weighted by Gasteiger charge is 2.44. The van der Waals surface area contributed by atoms with Crippen molar-refractivity contribution in [3.8, 4) is 11.5 Å². The van der Waals surface area contributed by atoms with Crippen LogP contribution in [0.4, 0.5) is 10.1 Å². The van der Waals surface area contributed by atoms with Gasteiger partial charge in [0.25, 0.3) is 5.91 Å². The maximum Gasteiger partial charge on any atom is 0.295 e. The maximum absolute atomic E-state index is 14.0. The van der Waals surface area contributed by atoms with Gasteiger partial charge in [-0.15, -0.1) is 0 Å². The van der Waals surface area contributed by atoms with E-state index in [2.05, 4.69) is 15.9 Å². The molecule has 8 heteroatoms. The van der Waals surface area contributed by atoms with Crippen LogP contribution in [0.25, 0.3) is 11.0 Å². The Kier molecular flexibility index (Phi) is 6.53. The smallest absolute Gasteiger partial charge is 0.295 e. The van der Waals surface area contributed by atoms with E-state index in [1.165, 1.54) is 17.0 Å². The molecule has 1 amide bonds. The topological polar surface area (TPSA) is 69.0 Å². The molecule has 0 saturated heterocycles. The van der Waals surface area contributed by atoms with Crippen LogP contribution >= 0.6 is 15.9 Å². The molecule has 5 rings (SSSR count). The van der Waals surface area contributed by atoms with Crippen molar-refractivity contribution >= 4 is 38.5 Å². The van der Waals surface area contributed by atoms with Gasteiger partial charge in [-0.1, -0.05) is 28.9 Å². The van der Waals surface area contributed by atoms with Gasteiger partial charge in [-0.3, -0.25) is 14.5 Å². The Morgan fingerprint density at radius 1 is 0.972 bits per heavy atom. The normalized spacial score (nSPS) is 14.8. The fraction of sp³-hybridized carbons (Fsp3) is 0.214. The van der Waals surface area contributed by atoms with E-state index in [1.54, 1.807) is 24.3 Å². The molecule has 0 bridgehead atoms. The average molecular weight is 552 g/mol. The third-order valence-corrected chi connectivity index (χ3v) is 6.51. The zero-order valence-corrected chi connectivity index (χ0v) is 21.3. The predicted molar refractivity (Wildman–Crippen MR) is 139 cm³/mol. The summed E-state index contributed by atoms with van der Waals surface area (Å²) in [6.07, 6.45) is 0.833. The van der Waals surface area contributed by atoms with Crippen LogP contribution in [-0.4, -0.2) is 19.1 Å². The summed E-state index contributed by atoms with van der Waals surface area (Å²) in [5.74, 6) is 0.0174. The Labute approximate surface area is 215 Å². The average Bonchev–Trinajstić information content (AvgIpc) is 3.17. The largest absolute Gasteiger partial charge is 0.490 e. The number of hydrogen-bond donors (Lipinski definition) is 0. The lowest BCUT2D eigenvalue weighted by atomic mass is 9.97. The number of benzene rings is 3. The number of ether oxygens (including phenoxy) is 2. The highest BCUT2D eigenvalue weighted by Crippen LogP contribution is 2.43. The van der Waals surface area contributed by atoms with Gasteiger partial charge < -0.3 is 13.9 Å². The molecule has 36 heavy (non-hydrogen) atoms. The number of amides is 1. The number of anilines is 1. The summed E-state index contributed by atoms with van der Waals surface area (Å²) in [6.45, 7) is 4.82. The van der Waals surface area contributed by atoms with Gasteiger partial charge in [0.2, 0.25) is 5.76 Å². The van der Waals surface area contributed by atoms with E-state index in [0.29, 0.717) is 36.0 Å². The second kappa shape index (κ2) is 9.78. The van der Waals surface area contributed by atoms with Crippen LogP contribution in [0.15, 0.2) is 74.3 Å². The molecule has 1 atom stereocenters. The number of carbonyl (C=O) groups excluding carboxylic acids is 1. The zero-order valence-electron chi connectivity index (χ0n) is 19.7. The molecule has 1 aliphatic rings. The van der Waals surface area contributed by atoms with Crippen LogP contribution in [-0.2, 0) is 0 Å². The molecule has 4 aromatic rings. The Morgan fingerprint density at radius 3 is 2.47 bits per heavy atom. The Morgan fingerprint density at radius 2 is 1.75 bits per heavy atom. The molecule has 0 saturated carbocycles. The summed E-state index contributed by atoms with van der Waals surface area (Å²) in [4.78, 5) is 28.9. The maximum atomic E-state index is 14.0. The van der Waals surface area contributed by atoms with E-state index in [9.17, 15) is 14.0 Å². The number of carbonyl (C=O) groups is 1. The van der Waals surface area contributed by atoms with Crippen molar-refractivity contribution in [3.63, 3.8) is 0 Å². The van der Waals surface area contributed by atoms with Crippen LogP contribution in [0.2, 0.25) is 0 Å². The fourth-order valence-corrected chi connectivity index (χ4v) is 4.69.